The van der Waals surface area contributed by atoms with Gasteiger partial charge in [0, 0.05) is 17.4 Å². The van der Waals surface area contributed by atoms with Crippen LogP contribution in [0.3, 0.4) is 0 Å². The zero-order valence-corrected chi connectivity index (χ0v) is 16.5. The van der Waals surface area contributed by atoms with Gasteiger partial charge in [-0.1, -0.05) is 29.4 Å². The molecule has 0 atom stereocenters. The number of aromatic nitrogens is 4. The second-order valence-electron chi connectivity index (χ2n) is 7.09. The molecule has 29 heavy (non-hydrogen) atoms. The van der Waals surface area contributed by atoms with Crippen LogP contribution in [0.4, 0.5) is 5.69 Å². The van der Waals surface area contributed by atoms with Crippen LogP contribution in [0.5, 0.6) is 0 Å². The summed E-state index contributed by atoms with van der Waals surface area (Å²) in [7, 11) is 0. The van der Waals surface area contributed by atoms with Crippen molar-refractivity contribution in [3.63, 3.8) is 0 Å². The van der Waals surface area contributed by atoms with Crippen molar-refractivity contribution in [3.8, 4) is 23.0 Å². The van der Waals surface area contributed by atoms with E-state index in [1.54, 1.807) is 17.1 Å². The van der Waals surface area contributed by atoms with Gasteiger partial charge in [0.1, 0.15) is 12.2 Å². The summed E-state index contributed by atoms with van der Waals surface area (Å²) in [5.41, 5.74) is 5.48. The van der Waals surface area contributed by atoms with E-state index < -0.39 is 0 Å². The van der Waals surface area contributed by atoms with Crippen LogP contribution >= 0.6 is 0 Å². The van der Waals surface area contributed by atoms with E-state index >= 15 is 0 Å². The van der Waals surface area contributed by atoms with Gasteiger partial charge in [0.05, 0.1) is 6.33 Å². The summed E-state index contributed by atoms with van der Waals surface area (Å²) in [6.07, 6.45) is 3.31. The van der Waals surface area contributed by atoms with Gasteiger partial charge >= 0.3 is 0 Å². The van der Waals surface area contributed by atoms with Crippen molar-refractivity contribution in [1.29, 1.82) is 0 Å². The van der Waals surface area contributed by atoms with Crippen molar-refractivity contribution in [2.45, 2.75) is 27.3 Å². The summed E-state index contributed by atoms with van der Waals surface area (Å²) in [6, 6.07) is 13.8. The molecule has 0 spiro atoms. The van der Waals surface area contributed by atoms with E-state index in [0.29, 0.717) is 17.4 Å². The van der Waals surface area contributed by atoms with Crippen molar-refractivity contribution in [2.75, 3.05) is 5.32 Å². The maximum atomic E-state index is 12.4. The minimum atomic E-state index is -0.132. The Labute approximate surface area is 168 Å². The first-order valence-electron chi connectivity index (χ1n) is 9.28. The smallest absolute Gasteiger partial charge is 0.258 e. The number of nitrogens with zero attached hydrogens (tertiary/aromatic N) is 4. The van der Waals surface area contributed by atoms with Crippen molar-refractivity contribution in [3.05, 3.63) is 71.7 Å². The lowest BCUT2D eigenvalue weighted by Crippen LogP contribution is -2.18. The molecule has 4 rings (SSSR count). The molecule has 0 bridgehead atoms. The second kappa shape index (κ2) is 7.71. The molecule has 7 heteroatoms. The third-order valence-corrected chi connectivity index (χ3v) is 4.50. The predicted octanol–water partition coefficient (Wildman–Crippen LogP) is 4.16. The van der Waals surface area contributed by atoms with Gasteiger partial charge in [0.2, 0.25) is 11.7 Å². The molecular weight excluding hydrogens is 366 g/mol. The highest BCUT2D eigenvalue weighted by atomic mass is 16.5. The van der Waals surface area contributed by atoms with Crippen LogP contribution in [0, 0.1) is 20.8 Å². The highest BCUT2D eigenvalue weighted by Crippen LogP contribution is 2.24. The Hall–Kier alpha value is -3.74. The van der Waals surface area contributed by atoms with E-state index in [1.807, 2.05) is 57.2 Å². The second-order valence-corrected chi connectivity index (χ2v) is 7.09. The molecule has 7 nitrogen and oxygen atoms in total. The van der Waals surface area contributed by atoms with Crippen LogP contribution in [0.15, 0.2) is 59.5 Å². The third-order valence-electron chi connectivity index (χ3n) is 4.50. The van der Waals surface area contributed by atoms with Crippen LogP contribution in [-0.2, 0) is 11.3 Å². The molecular formula is C22H21N5O2. The minimum absolute atomic E-state index is 0.132. The van der Waals surface area contributed by atoms with Gasteiger partial charge in [-0.2, -0.15) is 4.98 Å². The van der Waals surface area contributed by atoms with Crippen molar-refractivity contribution < 1.29 is 9.32 Å². The van der Waals surface area contributed by atoms with Crippen LogP contribution in [0.1, 0.15) is 16.7 Å². The monoisotopic (exact) mass is 387 g/mol. The molecule has 146 valence electrons. The Morgan fingerprint density at radius 1 is 1.10 bits per heavy atom. The van der Waals surface area contributed by atoms with Gasteiger partial charge in [-0.15, -0.1) is 0 Å². The van der Waals surface area contributed by atoms with Crippen LogP contribution < -0.4 is 5.32 Å². The van der Waals surface area contributed by atoms with Crippen molar-refractivity contribution >= 4 is 11.6 Å². The SMILES string of the molecule is Cc1cc(C)cc(NC(=O)Cn2cnc(-c3noc(-c4ccccc4C)n3)c2)c1. The zero-order chi connectivity index (χ0) is 20.4. The normalized spacial score (nSPS) is 10.9. The first-order valence-corrected chi connectivity index (χ1v) is 9.28. The molecule has 0 unspecified atom stereocenters. The Kier molecular flexibility index (Phi) is 4.95. The number of imidazole rings is 1. The quantitative estimate of drug-likeness (QED) is 0.556. The Balaban J connectivity index is 1.46. The van der Waals surface area contributed by atoms with Gasteiger partial charge < -0.3 is 14.4 Å². The van der Waals surface area contributed by atoms with Gasteiger partial charge in [0.15, 0.2) is 0 Å². The number of hydrogen-bond acceptors (Lipinski definition) is 5. The van der Waals surface area contributed by atoms with Crippen molar-refractivity contribution in [2.24, 2.45) is 0 Å². The first-order chi connectivity index (χ1) is 14.0. The van der Waals surface area contributed by atoms with Gasteiger partial charge in [-0.25, -0.2) is 4.98 Å². The lowest BCUT2D eigenvalue weighted by Gasteiger charge is -2.07. The third kappa shape index (κ3) is 4.24. The molecule has 4 aromatic rings. The lowest BCUT2D eigenvalue weighted by molar-refractivity contribution is -0.116. The number of anilines is 1. The molecule has 0 saturated heterocycles. The van der Waals surface area contributed by atoms with Crippen LogP contribution in [-0.4, -0.2) is 25.6 Å². The molecule has 1 amide bonds. The number of carbonyl (C=O) groups is 1. The molecule has 0 aliphatic carbocycles. The van der Waals surface area contributed by atoms with Gasteiger partial charge in [-0.3, -0.25) is 4.79 Å². The largest absolute Gasteiger partial charge is 0.334 e. The number of carbonyl (C=O) groups excluding carboxylic acids is 1. The highest BCUT2D eigenvalue weighted by Gasteiger charge is 2.15. The average molecular weight is 387 g/mol. The number of hydrogen-bond donors (Lipinski definition) is 1. The summed E-state index contributed by atoms with van der Waals surface area (Å²) in [5.74, 6) is 0.699. The molecule has 2 aromatic carbocycles. The topological polar surface area (TPSA) is 85.8 Å². The van der Waals surface area contributed by atoms with Crippen LogP contribution in [0.2, 0.25) is 0 Å². The average Bonchev–Trinajstić information content (AvgIpc) is 3.30. The number of rotatable bonds is 5. The van der Waals surface area contributed by atoms with E-state index in [9.17, 15) is 4.79 Å². The first kappa shape index (κ1) is 18.6. The summed E-state index contributed by atoms with van der Waals surface area (Å²) < 4.78 is 7.08. The fourth-order valence-electron chi connectivity index (χ4n) is 3.22. The predicted molar refractivity (Wildman–Crippen MR) is 110 cm³/mol. The van der Waals surface area contributed by atoms with E-state index in [1.165, 1.54) is 0 Å². The standard InChI is InChI=1S/C22H21N5O2/c1-14-8-15(2)10-17(9-14)24-20(28)12-27-11-19(23-13-27)21-25-22(29-26-21)18-7-5-4-6-16(18)3/h4-11,13H,12H2,1-3H3,(H,24,28). The van der Waals surface area contributed by atoms with Gasteiger partial charge in [-0.05, 0) is 55.7 Å². The molecule has 2 heterocycles. The Bertz CT molecular complexity index is 1160. The molecule has 2 aromatic heterocycles. The lowest BCUT2D eigenvalue weighted by atomic mass is 10.1. The fraction of sp³-hybridized carbons (Fsp3) is 0.182. The van der Waals surface area contributed by atoms with E-state index in [0.717, 1.165) is 27.9 Å². The molecule has 0 aliphatic heterocycles. The Morgan fingerprint density at radius 3 is 2.62 bits per heavy atom. The summed E-state index contributed by atoms with van der Waals surface area (Å²) in [6.45, 7) is 6.13. The summed E-state index contributed by atoms with van der Waals surface area (Å²) in [4.78, 5) is 21.1. The van der Waals surface area contributed by atoms with Gasteiger partial charge in [0.25, 0.3) is 5.89 Å². The van der Waals surface area contributed by atoms with E-state index in [4.69, 9.17) is 4.52 Å². The molecule has 0 fully saturated rings. The number of aryl methyl sites for hydroxylation is 3. The molecule has 0 saturated carbocycles. The molecule has 0 radical (unpaired) electrons. The van der Waals surface area contributed by atoms with Crippen molar-refractivity contribution in [1.82, 2.24) is 19.7 Å². The minimum Gasteiger partial charge on any atom is -0.334 e. The van der Waals surface area contributed by atoms with Crippen LogP contribution in [0.25, 0.3) is 23.0 Å². The maximum Gasteiger partial charge on any atom is 0.258 e. The van der Waals surface area contributed by atoms with E-state index in [-0.39, 0.29) is 12.5 Å². The number of benzene rings is 2. The summed E-state index contributed by atoms with van der Waals surface area (Å²) >= 11 is 0. The fourth-order valence-corrected chi connectivity index (χ4v) is 3.22. The zero-order valence-electron chi connectivity index (χ0n) is 16.5. The maximum absolute atomic E-state index is 12.4. The number of amides is 1. The summed E-state index contributed by atoms with van der Waals surface area (Å²) in [5, 5.41) is 6.94. The van der Waals surface area contributed by atoms with E-state index in [2.05, 4.69) is 26.5 Å². The molecule has 1 N–H and O–H groups in total. The highest BCUT2D eigenvalue weighted by molar-refractivity contribution is 5.90. The molecule has 0 aliphatic rings. The number of nitrogens with one attached hydrogen (secondary N) is 1. The Morgan fingerprint density at radius 2 is 1.86 bits per heavy atom.